The number of esters is 1. The molecule has 2 aromatic carbocycles. The summed E-state index contributed by atoms with van der Waals surface area (Å²) in [7, 11) is 3.03. The molecule has 1 atom stereocenters. The van der Waals surface area contributed by atoms with Crippen molar-refractivity contribution in [3.8, 4) is 17.6 Å². The van der Waals surface area contributed by atoms with Gasteiger partial charge in [-0.05, 0) is 36.2 Å². The number of carbonyl (C=O) groups is 1. The quantitative estimate of drug-likeness (QED) is 0.812. The Morgan fingerprint density at radius 1 is 1.17 bits per heavy atom. The topological polar surface area (TPSA) is 68.5 Å². The van der Waals surface area contributed by atoms with E-state index < -0.39 is 11.6 Å². The Hall–Kier alpha value is -3.00. The fourth-order valence-electron chi connectivity index (χ4n) is 3.04. The lowest BCUT2D eigenvalue weighted by Gasteiger charge is -2.33. The third-order valence-corrected chi connectivity index (χ3v) is 4.22. The van der Waals surface area contributed by atoms with Gasteiger partial charge in [-0.25, -0.2) is 4.79 Å². The van der Waals surface area contributed by atoms with Gasteiger partial charge in [0.25, 0.3) is 0 Å². The van der Waals surface area contributed by atoms with E-state index in [0.717, 1.165) is 11.1 Å². The molecule has 0 radical (unpaired) electrons. The van der Waals surface area contributed by atoms with Gasteiger partial charge in [-0.1, -0.05) is 18.2 Å². The van der Waals surface area contributed by atoms with Crippen molar-refractivity contribution in [3.05, 3.63) is 58.7 Å². The molecule has 24 heavy (non-hydrogen) atoms. The van der Waals surface area contributed by atoms with Gasteiger partial charge in [0, 0.05) is 6.42 Å². The molecular weight excluding hydrogens is 306 g/mol. The molecule has 1 heterocycles. The molecule has 1 aliphatic heterocycles. The van der Waals surface area contributed by atoms with Crippen molar-refractivity contribution >= 4 is 5.97 Å². The lowest BCUT2D eigenvalue weighted by molar-refractivity contribution is -0.00183. The Morgan fingerprint density at radius 2 is 1.92 bits per heavy atom. The predicted octanol–water partition coefficient (Wildman–Crippen LogP) is 3.14. The van der Waals surface area contributed by atoms with E-state index in [0.29, 0.717) is 22.6 Å². The molecule has 0 saturated carbocycles. The number of fused-ring (bicyclic) bond motifs is 1. The van der Waals surface area contributed by atoms with Gasteiger partial charge in [0.1, 0.15) is 23.1 Å². The van der Waals surface area contributed by atoms with E-state index in [1.807, 2.05) is 25.1 Å². The van der Waals surface area contributed by atoms with E-state index in [1.54, 1.807) is 18.2 Å². The second kappa shape index (κ2) is 5.89. The lowest BCUT2D eigenvalue weighted by Crippen LogP contribution is -2.38. The van der Waals surface area contributed by atoms with Crippen LogP contribution in [0.1, 0.15) is 27.0 Å². The molecule has 0 amide bonds. The van der Waals surface area contributed by atoms with Gasteiger partial charge < -0.3 is 14.2 Å². The smallest absolute Gasteiger partial charge is 0.344 e. The van der Waals surface area contributed by atoms with Crippen molar-refractivity contribution in [3.63, 3.8) is 0 Å². The molecule has 122 valence electrons. The Bertz CT molecular complexity index is 853. The standard InChI is InChI=1S/C19H17NO4/c1-12-7-8-14(16(9-12)23-3)19(11-20)10-13-5-4-6-15(22-2)17(13)18(21)24-19/h4-9H,10H2,1-3H3. The number of methoxy groups -OCH3 is 2. The first kappa shape index (κ1) is 15.9. The maximum absolute atomic E-state index is 12.6. The summed E-state index contributed by atoms with van der Waals surface area (Å²) in [5, 5.41) is 9.84. The van der Waals surface area contributed by atoms with E-state index >= 15 is 0 Å². The highest BCUT2D eigenvalue weighted by molar-refractivity contribution is 5.96. The van der Waals surface area contributed by atoms with Crippen LogP contribution in [0.5, 0.6) is 11.5 Å². The van der Waals surface area contributed by atoms with Crippen molar-refractivity contribution in [1.29, 1.82) is 5.26 Å². The minimum absolute atomic E-state index is 0.237. The Balaban J connectivity index is 2.17. The number of ether oxygens (including phenoxy) is 3. The summed E-state index contributed by atoms with van der Waals surface area (Å²) in [5.41, 5.74) is 1.20. The van der Waals surface area contributed by atoms with Gasteiger partial charge in [0.05, 0.1) is 19.8 Å². The second-order valence-electron chi connectivity index (χ2n) is 5.70. The number of hydrogen-bond acceptors (Lipinski definition) is 5. The number of nitriles is 1. The van der Waals surface area contributed by atoms with Crippen molar-refractivity contribution in [2.45, 2.75) is 18.9 Å². The molecular formula is C19H17NO4. The number of nitrogens with zero attached hydrogens (tertiary/aromatic N) is 1. The average molecular weight is 323 g/mol. The van der Waals surface area contributed by atoms with Crippen LogP contribution in [0.2, 0.25) is 0 Å². The third kappa shape index (κ3) is 2.37. The highest BCUT2D eigenvalue weighted by Gasteiger charge is 2.45. The van der Waals surface area contributed by atoms with Crippen molar-refractivity contribution in [1.82, 2.24) is 0 Å². The fraction of sp³-hybridized carbons (Fsp3) is 0.263. The molecule has 0 saturated heterocycles. The van der Waals surface area contributed by atoms with Gasteiger partial charge in [0.2, 0.25) is 5.60 Å². The van der Waals surface area contributed by atoms with Gasteiger partial charge in [0.15, 0.2) is 0 Å². The average Bonchev–Trinajstić information content (AvgIpc) is 2.60. The molecule has 0 N–H and O–H groups in total. The molecule has 0 fully saturated rings. The summed E-state index contributed by atoms with van der Waals surface area (Å²) in [5.74, 6) is 0.397. The van der Waals surface area contributed by atoms with Crippen LogP contribution in [0.4, 0.5) is 0 Å². The van der Waals surface area contributed by atoms with Crippen LogP contribution in [-0.2, 0) is 16.8 Å². The number of cyclic esters (lactones) is 1. The normalized spacial score (nSPS) is 19.0. The molecule has 2 aromatic rings. The van der Waals surface area contributed by atoms with Crippen LogP contribution < -0.4 is 9.47 Å². The maximum atomic E-state index is 12.6. The number of aryl methyl sites for hydroxylation is 1. The molecule has 0 aromatic heterocycles. The molecule has 0 bridgehead atoms. The minimum Gasteiger partial charge on any atom is -0.496 e. The number of carbonyl (C=O) groups excluding carboxylic acids is 1. The van der Waals surface area contributed by atoms with Gasteiger partial charge in [-0.15, -0.1) is 0 Å². The molecule has 3 rings (SSSR count). The highest BCUT2D eigenvalue weighted by atomic mass is 16.6. The fourth-order valence-corrected chi connectivity index (χ4v) is 3.04. The predicted molar refractivity (Wildman–Crippen MR) is 87.1 cm³/mol. The Morgan fingerprint density at radius 3 is 2.58 bits per heavy atom. The van der Waals surface area contributed by atoms with E-state index in [2.05, 4.69) is 6.07 Å². The summed E-state index contributed by atoms with van der Waals surface area (Å²) in [6.07, 6.45) is 0.237. The lowest BCUT2D eigenvalue weighted by atomic mass is 9.83. The van der Waals surface area contributed by atoms with Crippen molar-refractivity contribution in [2.75, 3.05) is 14.2 Å². The number of benzene rings is 2. The molecule has 0 aliphatic carbocycles. The number of rotatable bonds is 3. The summed E-state index contributed by atoms with van der Waals surface area (Å²) in [6, 6.07) is 12.9. The minimum atomic E-state index is -1.42. The van der Waals surface area contributed by atoms with E-state index in [9.17, 15) is 10.1 Å². The van der Waals surface area contributed by atoms with Gasteiger partial charge >= 0.3 is 5.97 Å². The zero-order valence-electron chi connectivity index (χ0n) is 13.8. The van der Waals surface area contributed by atoms with Gasteiger partial charge in [-0.3, -0.25) is 0 Å². The Kier molecular flexibility index (Phi) is 3.90. The highest BCUT2D eigenvalue weighted by Crippen LogP contribution is 2.42. The first-order valence-corrected chi connectivity index (χ1v) is 7.50. The number of hydrogen-bond donors (Lipinski definition) is 0. The SMILES string of the molecule is COc1cc(C)ccc1C1(C#N)Cc2cccc(OC)c2C(=O)O1. The van der Waals surface area contributed by atoms with Crippen LogP contribution in [0.25, 0.3) is 0 Å². The van der Waals surface area contributed by atoms with Crippen molar-refractivity contribution < 1.29 is 19.0 Å². The van der Waals surface area contributed by atoms with Crippen LogP contribution in [-0.4, -0.2) is 20.2 Å². The zero-order valence-corrected chi connectivity index (χ0v) is 13.8. The first-order valence-electron chi connectivity index (χ1n) is 7.50. The second-order valence-corrected chi connectivity index (χ2v) is 5.70. The third-order valence-electron chi connectivity index (χ3n) is 4.22. The molecule has 0 spiro atoms. The van der Waals surface area contributed by atoms with Crippen molar-refractivity contribution in [2.24, 2.45) is 0 Å². The molecule has 1 aliphatic rings. The van der Waals surface area contributed by atoms with E-state index in [-0.39, 0.29) is 6.42 Å². The molecule has 5 nitrogen and oxygen atoms in total. The summed E-state index contributed by atoms with van der Waals surface area (Å²) >= 11 is 0. The van der Waals surface area contributed by atoms with E-state index in [4.69, 9.17) is 14.2 Å². The van der Waals surface area contributed by atoms with Crippen LogP contribution in [0.15, 0.2) is 36.4 Å². The largest absolute Gasteiger partial charge is 0.496 e. The zero-order chi connectivity index (χ0) is 17.3. The van der Waals surface area contributed by atoms with Crippen LogP contribution >= 0.6 is 0 Å². The maximum Gasteiger partial charge on any atom is 0.344 e. The molecule has 1 unspecified atom stereocenters. The monoisotopic (exact) mass is 323 g/mol. The summed E-state index contributed by atoms with van der Waals surface area (Å²) in [6.45, 7) is 1.93. The van der Waals surface area contributed by atoms with Crippen LogP contribution in [0, 0.1) is 18.3 Å². The summed E-state index contributed by atoms with van der Waals surface area (Å²) < 4.78 is 16.3. The Labute approximate surface area is 140 Å². The summed E-state index contributed by atoms with van der Waals surface area (Å²) in [4.78, 5) is 12.6. The van der Waals surface area contributed by atoms with E-state index in [1.165, 1.54) is 14.2 Å². The van der Waals surface area contributed by atoms with Gasteiger partial charge in [-0.2, -0.15) is 5.26 Å². The van der Waals surface area contributed by atoms with Crippen LogP contribution in [0.3, 0.4) is 0 Å². The molecule has 5 heteroatoms. The first-order chi connectivity index (χ1) is 11.5.